The van der Waals surface area contributed by atoms with Crippen molar-refractivity contribution in [2.24, 2.45) is 0 Å². The van der Waals surface area contributed by atoms with E-state index in [-0.39, 0.29) is 6.04 Å². The van der Waals surface area contributed by atoms with Gasteiger partial charge >= 0.3 is 0 Å². The number of hydrogen-bond acceptors (Lipinski definition) is 5. The maximum absolute atomic E-state index is 5.46. The van der Waals surface area contributed by atoms with Crippen molar-refractivity contribution in [3.63, 3.8) is 0 Å². The maximum Gasteiger partial charge on any atom is 0.233 e. The van der Waals surface area contributed by atoms with E-state index in [1.165, 1.54) is 0 Å². The molecule has 0 aliphatic carbocycles. The summed E-state index contributed by atoms with van der Waals surface area (Å²) < 4.78 is 10.7. The lowest BCUT2D eigenvalue weighted by molar-refractivity contribution is 0.0488. The number of nitrogens with one attached hydrogen (secondary N) is 1. The molecule has 0 unspecified atom stereocenters. The number of aromatic nitrogens is 2. The summed E-state index contributed by atoms with van der Waals surface area (Å²) in [4.78, 5) is 0. The summed E-state index contributed by atoms with van der Waals surface area (Å²) in [5.41, 5.74) is 0.898. The zero-order valence-electron chi connectivity index (χ0n) is 9.64. The molecule has 0 amide bonds. The fourth-order valence-corrected chi connectivity index (χ4v) is 1.71. The SMILES string of the molecule is CCOc1ccc([C@H]2COC[C@@H](C)N2)nn1. The Bertz CT molecular complexity index is 329. The van der Waals surface area contributed by atoms with Crippen molar-refractivity contribution in [3.8, 4) is 5.88 Å². The average molecular weight is 223 g/mol. The third-order valence-electron chi connectivity index (χ3n) is 2.45. The van der Waals surface area contributed by atoms with Crippen molar-refractivity contribution >= 4 is 0 Å². The van der Waals surface area contributed by atoms with Crippen LogP contribution >= 0.6 is 0 Å². The minimum absolute atomic E-state index is 0.131. The monoisotopic (exact) mass is 223 g/mol. The van der Waals surface area contributed by atoms with Crippen LogP contribution in [0.2, 0.25) is 0 Å². The number of rotatable bonds is 3. The molecular formula is C11H17N3O2. The third kappa shape index (κ3) is 2.68. The van der Waals surface area contributed by atoms with Crippen LogP contribution in [0.5, 0.6) is 5.88 Å². The predicted molar refractivity (Wildman–Crippen MR) is 59.4 cm³/mol. The molecule has 2 atom stereocenters. The Morgan fingerprint density at radius 1 is 1.44 bits per heavy atom. The normalized spacial score (nSPS) is 25.4. The second-order valence-corrected chi connectivity index (χ2v) is 3.89. The number of hydrogen-bond donors (Lipinski definition) is 1. The lowest BCUT2D eigenvalue weighted by Crippen LogP contribution is -2.42. The first-order valence-electron chi connectivity index (χ1n) is 5.60. The molecule has 5 heteroatoms. The summed E-state index contributed by atoms with van der Waals surface area (Å²) in [5, 5.41) is 11.6. The third-order valence-corrected chi connectivity index (χ3v) is 2.45. The van der Waals surface area contributed by atoms with E-state index in [0.29, 0.717) is 25.1 Å². The van der Waals surface area contributed by atoms with Crippen LogP contribution in [0.3, 0.4) is 0 Å². The van der Waals surface area contributed by atoms with Gasteiger partial charge in [0.15, 0.2) is 0 Å². The van der Waals surface area contributed by atoms with E-state index in [1.54, 1.807) is 0 Å². The average Bonchev–Trinajstić information content (AvgIpc) is 2.30. The lowest BCUT2D eigenvalue weighted by atomic mass is 10.1. The highest BCUT2D eigenvalue weighted by atomic mass is 16.5. The molecule has 5 nitrogen and oxygen atoms in total. The summed E-state index contributed by atoms with van der Waals surface area (Å²) in [6.45, 7) is 6.02. The number of morpholine rings is 1. The summed E-state index contributed by atoms with van der Waals surface area (Å²) in [6, 6.07) is 4.25. The first kappa shape index (κ1) is 11.3. The van der Waals surface area contributed by atoms with Gasteiger partial charge in [-0.1, -0.05) is 0 Å². The zero-order valence-corrected chi connectivity index (χ0v) is 9.64. The van der Waals surface area contributed by atoms with Gasteiger partial charge in [0.25, 0.3) is 0 Å². The van der Waals surface area contributed by atoms with E-state index in [4.69, 9.17) is 9.47 Å². The van der Waals surface area contributed by atoms with Gasteiger partial charge in [0, 0.05) is 12.1 Å². The van der Waals surface area contributed by atoms with E-state index in [9.17, 15) is 0 Å². The van der Waals surface area contributed by atoms with E-state index in [0.717, 1.165) is 12.3 Å². The summed E-state index contributed by atoms with van der Waals surface area (Å²) in [7, 11) is 0. The predicted octanol–water partition coefficient (Wildman–Crippen LogP) is 0.925. The fourth-order valence-electron chi connectivity index (χ4n) is 1.71. The van der Waals surface area contributed by atoms with Crippen molar-refractivity contribution in [1.82, 2.24) is 15.5 Å². The van der Waals surface area contributed by atoms with Gasteiger partial charge < -0.3 is 14.8 Å². The van der Waals surface area contributed by atoms with E-state index >= 15 is 0 Å². The molecule has 0 saturated carbocycles. The fraction of sp³-hybridized carbons (Fsp3) is 0.636. The smallest absolute Gasteiger partial charge is 0.233 e. The molecule has 2 heterocycles. The molecule has 0 aromatic carbocycles. The quantitative estimate of drug-likeness (QED) is 0.826. The lowest BCUT2D eigenvalue weighted by Gasteiger charge is -2.28. The van der Waals surface area contributed by atoms with Crippen LogP contribution in [0.25, 0.3) is 0 Å². The Kier molecular flexibility index (Phi) is 3.69. The van der Waals surface area contributed by atoms with Crippen molar-refractivity contribution in [1.29, 1.82) is 0 Å². The maximum atomic E-state index is 5.46. The van der Waals surface area contributed by atoms with Gasteiger partial charge in [-0.15, -0.1) is 5.10 Å². The standard InChI is InChI=1S/C11H17N3O2/c1-3-16-11-5-4-9(13-14-11)10-7-15-6-8(2)12-10/h4-5,8,10,12H,3,6-7H2,1-2H3/t8-,10-/m1/s1. The van der Waals surface area contributed by atoms with Crippen LogP contribution in [-0.4, -0.2) is 36.1 Å². The van der Waals surface area contributed by atoms with Crippen LogP contribution in [0, 0.1) is 0 Å². The summed E-state index contributed by atoms with van der Waals surface area (Å²) in [5.74, 6) is 0.566. The summed E-state index contributed by atoms with van der Waals surface area (Å²) >= 11 is 0. The Hall–Kier alpha value is -1.20. The van der Waals surface area contributed by atoms with Gasteiger partial charge in [0.1, 0.15) is 0 Å². The zero-order chi connectivity index (χ0) is 11.4. The molecule has 2 rings (SSSR count). The largest absolute Gasteiger partial charge is 0.477 e. The van der Waals surface area contributed by atoms with E-state index in [2.05, 4.69) is 22.4 Å². The highest BCUT2D eigenvalue weighted by Gasteiger charge is 2.21. The molecule has 1 N–H and O–H groups in total. The second-order valence-electron chi connectivity index (χ2n) is 3.89. The van der Waals surface area contributed by atoms with Crippen molar-refractivity contribution in [3.05, 3.63) is 17.8 Å². The Morgan fingerprint density at radius 3 is 2.94 bits per heavy atom. The minimum atomic E-state index is 0.131. The van der Waals surface area contributed by atoms with Crippen LogP contribution in [0.15, 0.2) is 12.1 Å². The van der Waals surface area contributed by atoms with Crippen molar-refractivity contribution < 1.29 is 9.47 Å². The molecule has 1 aromatic heterocycles. The van der Waals surface area contributed by atoms with Crippen molar-refractivity contribution in [2.45, 2.75) is 25.9 Å². The molecule has 88 valence electrons. The molecule has 0 radical (unpaired) electrons. The van der Waals surface area contributed by atoms with Gasteiger partial charge in [-0.3, -0.25) is 0 Å². The van der Waals surface area contributed by atoms with Crippen LogP contribution in [-0.2, 0) is 4.74 Å². The molecule has 1 aliphatic rings. The first-order valence-corrected chi connectivity index (χ1v) is 5.60. The van der Waals surface area contributed by atoms with Crippen molar-refractivity contribution in [2.75, 3.05) is 19.8 Å². The Morgan fingerprint density at radius 2 is 2.31 bits per heavy atom. The molecular weight excluding hydrogens is 206 g/mol. The highest BCUT2D eigenvalue weighted by molar-refractivity contribution is 5.14. The summed E-state index contributed by atoms with van der Waals surface area (Å²) in [6.07, 6.45) is 0. The Balaban J connectivity index is 2.03. The van der Waals surface area contributed by atoms with Crippen LogP contribution < -0.4 is 10.1 Å². The molecule has 1 fully saturated rings. The first-order chi connectivity index (χ1) is 7.79. The van der Waals surface area contributed by atoms with Gasteiger partial charge in [-0.05, 0) is 19.9 Å². The van der Waals surface area contributed by atoms with Gasteiger partial charge in [-0.2, -0.15) is 5.10 Å². The van der Waals surface area contributed by atoms with Crippen LogP contribution in [0.4, 0.5) is 0 Å². The number of nitrogens with zero attached hydrogens (tertiary/aromatic N) is 2. The second kappa shape index (κ2) is 5.23. The number of ether oxygens (including phenoxy) is 2. The van der Waals surface area contributed by atoms with Gasteiger partial charge in [0.05, 0.1) is 31.6 Å². The van der Waals surface area contributed by atoms with Gasteiger partial charge in [0.2, 0.25) is 5.88 Å². The molecule has 16 heavy (non-hydrogen) atoms. The topological polar surface area (TPSA) is 56.3 Å². The van der Waals surface area contributed by atoms with Crippen LogP contribution in [0.1, 0.15) is 25.6 Å². The Labute approximate surface area is 95.2 Å². The highest BCUT2D eigenvalue weighted by Crippen LogP contribution is 2.16. The van der Waals surface area contributed by atoms with Gasteiger partial charge in [-0.25, -0.2) is 0 Å². The van der Waals surface area contributed by atoms with E-state index < -0.39 is 0 Å². The minimum Gasteiger partial charge on any atom is -0.477 e. The molecule has 0 bridgehead atoms. The molecule has 1 aliphatic heterocycles. The molecule has 1 aromatic rings. The molecule has 0 spiro atoms. The van der Waals surface area contributed by atoms with E-state index in [1.807, 2.05) is 19.1 Å². The molecule has 1 saturated heterocycles.